The van der Waals surface area contributed by atoms with Crippen molar-refractivity contribution in [2.45, 2.75) is 26.9 Å². The van der Waals surface area contributed by atoms with Crippen molar-refractivity contribution in [1.82, 2.24) is 4.90 Å². The number of rotatable bonds is 5. The zero-order chi connectivity index (χ0) is 16.3. The SMILES string of the molecule is Cc1cc(O)c(CN(C)Cc2ccc(C(N)=O)cc2)cc1C. The van der Waals surface area contributed by atoms with E-state index in [4.69, 9.17) is 5.73 Å². The number of benzene rings is 2. The maximum absolute atomic E-state index is 11.1. The molecule has 0 aromatic heterocycles. The van der Waals surface area contributed by atoms with E-state index in [1.165, 1.54) is 5.56 Å². The van der Waals surface area contributed by atoms with Crippen LogP contribution in [0.4, 0.5) is 0 Å². The number of aromatic hydroxyl groups is 1. The number of carbonyl (C=O) groups is 1. The van der Waals surface area contributed by atoms with E-state index in [1.54, 1.807) is 18.2 Å². The van der Waals surface area contributed by atoms with Crippen LogP contribution >= 0.6 is 0 Å². The lowest BCUT2D eigenvalue weighted by Gasteiger charge is -2.18. The van der Waals surface area contributed by atoms with E-state index in [2.05, 4.69) is 4.90 Å². The molecule has 0 aliphatic rings. The molecular formula is C18H22N2O2. The normalized spacial score (nSPS) is 10.9. The van der Waals surface area contributed by atoms with Crippen LogP contribution < -0.4 is 5.73 Å². The monoisotopic (exact) mass is 298 g/mol. The minimum absolute atomic E-state index is 0.332. The molecule has 22 heavy (non-hydrogen) atoms. The van der Waals surface area contributed by atoms with E-state index < -0.39 is 5.91 Å². The lowest BCUT2D eigenvalue weighted by molar-refractivity contribution is 0.100. The molecule has 0 unspecified atom stereocenters. The highest BCUT2D eigenvalue weighted by molar-refractivity contribution is 5.92. The number of amides is 1. The number of nitrogens with two attached hydrogens (primary N) is 1. The molecule has 0 spiro atoms. The Labute approximate surface area is 131 Å². The van der Waals surface area contributed by atoms with Gasteiger partial charge in [0.25, 0.3) is 0 Å². The maximum atomic E-state index is 11.1. The standard InChI is InChI=1S/C18H22N2O2/c1-12-8-16(17(21)9-13(12)2)11-20(3)10-14-4-6-15(7-5-14)18(19)22/h4-9,21H,10-11H2,1-3H3,(H2,19,22). The van der Waals surface area contributed by atoms with E-state index in [9.17, 15) is 9.90 Å². The molecule has 2 aromatic rings. The molecule has 1 amide bonds. The van der Waals surface area contributed by atoms with Gasteiger partial charge in [-0.15, -0.1) is 0 Å². The van der Waals surface area contributed by atoms with Crippen LogP contribution in [0, 0.1) is 13.8 Å². The molecule has 3 N–H and O–H groups in total. The van der Waals surface area contributed by atoms with Crippen LogP contribution in [0.5, 0.6) is 5.75 Å². The third-order valence-corrected chi connectivity index (χ3v) is 3.83. The van der Waals surface area contributed by atoms with Gasteiger partial charge in [0.05, 0.1) is 0 Å². The molecule has 0 bridgehead atoms. The van der Waals surface area contributed by atoms with Crippen LogP contribution in [0.15, 0.2) is 36.4 Å². The lowest BCUT2D eigenvalue weighted by Crippen LogP contribution is -2.18. The van der Waals surface area contributed by atoms with Crippen LogP contribution in [0.25, 0.3) is 0 Å². The van der Waals surface area contributed by atoms with Gasteiger partial charge >= 0.3 is 0 Å². The first-order chi connectivity index (χ1) is 10.4. The average Bonchev–Trinajstić information content (AvgIpc) is 2.45. The summed E-state index contributed by atoms with van der Waals surface area (Å²) in [4.78, 5) is 13.2. The molecule has 0 saturated heterocycles. The fourth-order valence-corrected chi connectivity index (χ4v) is 2.42. The summed E-state index contributed by atoms with van der Waals surface area (Å²) in [5, 5.41) is 10.1. The van der Waals surface area contributed by atoms with Crippen molar-refractivity contribution in [2.24, 2.45) is 5.73 Å². The highest BCUT2D eigenvalue weighted by atomic mass is 16.3. The maximum Gasteiger partial charge on any atom is 0.248 e. The number of carbonyl (C=O) groups excluding carboxylic acids is 1. The first-order valence-corrected chi connectivity index (χ1v) is 7.23. The summed E-state index contributed by atoms with van der Waals surface area (Å²) in [6.07, 6.45) is 0. The highest BCUT2D eigenvalue weighted by Gasteiger charge is 2.08. The number of phenols is 1. The molecule has 0 heterocycles. The van der Waals surface area contributed by atoms with Crippen molar-refractivity contribution < 1.29 is 9.90 Å². The van der Waals surface area contributed by atoms with Crippen molar-refractivity contribution in [3.05, 3.63) is 64.2 Å². The summed E-state index contributed by atoms with van der Waals surface area (Å²) in [6.45, 7) is 5.42. The zero-order valence-corrected chi connectivity index (χ0v) is 13.3. The fourth-order valence-electron chi connectivity index (χ4n) is 2.42. The van der Waals surface area contributed by atoms with Crippen molar-refractivity contribution in [2.75, 3.05) is 7.05 Å². The van der Waals surface area contributed by atoms with Crippen LogP contribution in [0.3, 0.4) is 0 Å². The molecule has 0 saturated carbocycles. The number of aryl methyl sites for hydroxylation is 2. The van der Waals surface area contributed by atoms with Gasteiger partial charge in [0.15, 0.2) is 0 Å². The summed E-state index contributed by atoms with van der Waals surface area (Å²) >= 11 is 0. The Morgan fingerprint density at radius 3 is 2.27 bits per heavy atom. The van der Waals surface area contributed by atoms with Gasteiger partial charge in [-0.3, -0.25) is 9.69 Å². The molecule has 0 radical (unpaired) electrons. The Morgan fingerprint density at radius 1 is 1.09 bits per heavy atom. The minimum atomic E-state index is -0.417. The molecule has 0 aliphatic carbocycles. The Bertz CT molecular complexity index is 678. The van der Waals surface area contributed by atoms with Crippen molar-refractivity contribution >= 4 is 5.91 Å². The largest absolute Gasteiger partial charge is 0.508 e. The highest BCUT2D eigenvalue weighted by Crippen LogP contribution is 2.23. The molecule has 0 atom stereocenters. The number of hydrogen-bond acceptors (Lipinski definition) is 3. The van der Waals surface area contributed by atoms with Crippen LogP contribution in [-0.4, -0.2) is 23.0 Å². The molecule has 0 fully saturated rings. The second-order valence-electron chi connectivity index (χ2n) is 5.80. The van der Waals surface area contributed by atoms with Crippen LogP contribution in [0.1, 0.15) is 32.6 Å². The van der Waals surface area contributed by atoms with Crippen LogP contribution in [0.2, 0.25) is 0 Å². The van der Waals surface area contributed by atoms with Gasteiger partial charge in [0, 0.05) is 24.2 Å². The molecule has 2 aromatic carbocycles. The molecular weight excluding hydrogens is 276 g/mol. The topological polar surface area (TPSA) is 66.6 Å². The Hall–Kier alpha value is -2.33. The summed E-state index contributed by atoms with van der Waals surface area (Å²) in [6, 6.07) is 11.1. The Kier molecular flexibility index (Phi) is 4.83. The zero-order valence-electron chi connectivity index (χ0n) is 13.3. The summed E-state index contributed by atoms with van der Waals surface area (Å²) in [7, 11) is 2.00. The number of phenolic OH excluding ortho intramolecular Hbond substituents is 1. The fraction of sp³-hybridized carbons (Fsp3) is 0.278. The summed E-state index contributed by atoms with van der Waals surface area (Å²) in [5.41, 5.74) is 10.0. The first kappa shape index (κ1) is 16.0. The first-order valence-electron chi connectivity index (χ1n) is 7.23. The van der Waals surface area contributed by atoms with E-state index >= 15 is 0 Å². The second-order valence-corrected chi connectivity index (χ2v) is 5.80. The van der Waals surface area contributed by atoms with Gasteiger partial charge in [-0.05, 0) is 55.8 Å². The number of hydrogen-bond donors (Lipinski definition) is 2. The minimum Gasteiger partial charge on any atom is -0.508 e. The third-order valence-electron chi connectivity index (χ3n) is 3.83. The van der Waals surface area contributed by atoms with E-state index in [0.717, 1.165) is 23.2 Å². The molecule has 2 rings (SSSR count). The Morgan fingerprint density at radius 2 is 1.68 bits per heavy atom. The molecule has 116 valence electrons. The predicted molar refractivity (Wildman–Crippen MR) is 87.7 cm³/mol. The van der Waals surface area contributed by atoms with Gasteiger partial charge in [-0.1, -0.05) is 18.2 Å². The van der Waals surface area contributed by atoms with Crippen molar-refractivity contribution in [3.63, 3.8) is 0 Å². The van der Waals surface area contributed by atoms with E-state index in [0.29, 0.717) is 17.9 Å². The molecule has 0 aliphatic heterocycles. The van der Waals surface area contributed by atoms with E-state index in [-0.39, 0.29) is 0 Å². The average molecular weight is 298 g/mol. The second kappa shape index (κ2) is 6.62. The molecule has 4 nitrogen and oxygen atoms in total. The van der Waals surface area contributed by atoms with Gasteiger partial charge in [0.1, 0.15) is 5.75 Å². The molecule has 4 heteroatoms. The van der Waals surface area contributed by atoms with E-state index in [1.807, 2.05) is 39.1 Å². The van der Waals surface area contributed by atoms with Crippen LogP contribution in [-0.2, 0) is 13.1 Å². The smallest absolute Gasteiger partial charge is 0.248 e. The van der Waals surface area contributed by atoms with Gasteiger partial charge < -0.3 is 10.8 Å². The quantitative estimate of drug-likeness (QED) is 0.892. The van der Waals surface area contributed by atoms with Crippen molar-refractivity contribution in [3.8, 4) is 5.75 Å². The number of nitrogens with zero attached hydrogens (tertiary/aromatic N) is 1. The summed E-state index contributed by atoms with van der Waals surface area (Å²) in [5.74, 6) is -0.0843. The van der Waals surface area contributed by atoms with Gasteiger partial charge in [0.2, 0.25) is 5.91 Å². The Balaban J connectivity index is 2.05. The third kappa shape index (κ3) is 3.86. The number of primary amides is 1. The van der Waals surface area contributed by atoms with Gasteiger partial charge in [-0.2, -0.15) is 0 Å². The predicted octanol–water partition coefficient (Wildman–Crippen LogP) is 2.74. The lowest BCUT2D eigenvalue weighted by atomic mass is 10.0. The van der Waals surface area contributed by atoms with Crippen molar-refractivity contribution in [1.29, 1.82) is 0 Å². The summed E-state index contributed by atoms with van der Waals surface area (Å²) < 4.78 is 0. The van der Waals surface area contributed by atoms with Gasteiger partial charge in [-0.25, -0.2) is 0 Å².